The Morgan fingerprint density at radius 3 is 2.02 bits per heavy atom. The molecule has 42 heavy (non-hydrogen) atoms. The average Bonchev–Trinajstić information content (AvgIpc) is 3.10. The van der Waals surface area contributed by atoms with Crippen LogP contribution in [0.5, 0.6) is 0 Å². The van der Waals surface area contributed by atoms with Crippen LogP contribution in [0, 0.1) is 5.41 Å². The van der Waals surface area contributed by atoms with Crippen molar-refractivity contribution in [1.29, 1.82) is 0 Å². The molecule has 0 aromatic carbocycles. The first-order chi connectivity index (χ1) is 19.9. The van der Waals surface area contributed by atoms with Crippen LogP contribution in [-0.2, 0) is 28.7 Å². The van der Waals surface area contributed by atoms with Gasteiger partial charge in [-0.15, -0.1) is 0 Å². The summed E-state index contributed by atoms with van der Waals surface area (Å²) in [5, 5.41) is 23.5. The second kappa shape index (κ2) is 19.9. The number of rotatable bonds is 21. The molecule has 0 saturated carbocycles. The number of nitrogens with zero attached hydrogens (tertiary/aromatic N) is 4. The number of hydrogen-bond acceptors (Lipinski definition) is 11. The molecule has 0 fully saturated rings. The van der Waals surface area contributed by atoms with E-state index in [0.29, 0.717) is 50.9 Å². The maximum Gasteiger partial charge on any atom is 0.319 e. The molecule has 0 aliphatic heterocycles. The fourth-order valence-corrected chi connectivity index (χ4v) is 4.12. The molecule has 0 radical (unpaired) electrons. The molecule has 13 nitrogen and oxygen atoms in total. The molecular weight excluding hydrogens is 546 g/mol. The number of hydroxylamine groups is 2. The lowest BCUT2D eigenvalue weighted by atomic mass is 9.93. The molecule has 0 heterocycles. The molecular formula is C29H49N5O8. The highest BCUT2D eigenvalue weighted by Crippen LogP contribution is 2.22. The van der Waals surface area contributed by atoms with Crippen molar-refractivity contribution in [3.05, 3.63) is 36.0 Å². The molecule has 1 rings (SSSR count). The van der Waals surface area contributed by atoms with Gasteiger partial charge in [-0.1, -0.05) is 51.2 Å². The maximum absolute atomic E-state index is 13.0. The zero-order valence-corrected chi connectivity index (χ0v) is 25.7. The summed E-state index contributed by atoms with van der Waals surface area (Å²) in [6.45, 7) is 8.89. The minimum absolute atomic E-state index is 0.00237. The van der Waals surface area contributed by atoms with E-state index in [9.17, 15) is 29.5 Å². The smallest absolute Gasteiger partial charge is 0.319 e. The third kappa shape index (κ3) is 16.4. The maximum atomic E-state index is 13.0. The number of allylic oxidation sites excluding steroid dienone is 4. The number of hydrogen-bond donors (Lipinski definition) is 3. The highest BCUT2D eigenvalue weighted by atomic mass is 16.5. The third-order valence-electron chi connectivity index (χ3n) is 6.59. The SMILES string of the molecule is CCCN(CCN(CCN(CCNCC(=O)OC)CC(=O)N(O)CC1=CC=CC(C)(C)C=C1)CC(=O)OC)CC(=O)O. The molecule has 0 aromatic rings. The van der Waals surface area contributed by atoms with Crippen molar-refractivity contribution in [2.75, 3.05) is 92.8 Å². The summed E-state index contributed by atoms with van der Waals surface area (Å²) in [4.78, 5) is 53.3. The van der Waals surface area contributed by atoms with Crippen LogP contribution in [0.3, 0.4) is 0 Å². The fraction of sp³-hybridized carbons (Fsp3) is 0.655. The number of esters is 2. The number of carboxylic acid groups (broad SMARTS) is 1. The van der Waals surface area contributed by atoms with Gasteiger partial charge in [-0.2, -0.15) is 0 Å². The van der Waals surface area contributed by atoms with Crippen LogP contribution in [0.1, 0.15) is 27.2 Å². The molecule has 0 spiro atoms. The summed E-state index contributed by atoms with van der Waals surface area (Å²) >= 11 is 0. The van der Waals surface area contributed by atoms with E-state index < -0.39 is 23.8 Å². The fourth-order valence-electron chi connectivity index (χ4n) is 4.12. The topological polar surface area (TPSA) is 152 Å². The van der Waals surface area contributed by atoms with E-state index >= 15 is 0 Å². The van der Waals surface area contributed by atoms with E-state index in [1.54, 1.807) is 4.90 Å². The summed E-state index contributed by atoms with van der Waals surface area (Å²) in [6.07, 6.45) is 10.5. The molecule has 238 valence electrons. The lowest BCUT2D eigenvalue weighted by Gasteiger charge is -2.29. The number of carbonyl (C=O) groups excluding carboxylic acids is 3. The van der Waals surface area contributed by atoms with E-state index in [2.05, 4.69) is 23.9 Å². The number of ether oxygens (including phenoxy) is 2. The summed E-state index contributed by atoms with van der Waals surface area (Å²) in [6, 6.07) is 0. The molecule has 0 unspecified atom stereocenters. The van der Waals surface area contributed by atoms with E-state index in [-0.39, 0.29) is 38.1 Å². The van der Waals surface area contributed by atoms with Crippen LogP contribution in [0.4, 0.5) is 0 Å². The van der Waals surface area contributed by atoms with Gasteiger partial charge in [0.2, 0.25) is 0 Å². The number of methoxy groups -OCH3 is 2. The van der Waals surface area contributed by atoms with Crippen LogP contribution < -0.4 is 5.32 Å². The van der Waals surface area contributed by atoms with E-state index in [1.807, 2.05) is 47.1 Å². The molecule has 0 bridgehead atoms. The zero-order valence-electron chi connectivity index (χ0n) is 25.7. The van der Waals surface area contributed by atoms with E-state index in [1.165, 1.54) is 14.2 Å². The van der Waals surface area contributed by atoms with Crippen LogP contribution >= 0.6 is 0 Å². The van der Waals surface area contributed by atoms with Gasteiger partial charge in [0.15, 0.2) is 0 Å². The predicted octanol–water partition coefficient (Wildman–Crippen LogP) is 0.619. The third-order valence-corrected chi connectivity index (χ3v) is 6.59. The van der Waals surface area contributed by atoms with Crippen LogP contribution in [0.2, 0.25) is 0 Å². The average molecular weight is 596 g/mol. The normalized spacial score (nSPS) is 14.2. The first kappa shape index (κ1) is 36.9. The van der Waals surface area contributed by atoms with Crippen LogP contribution in [0.15, 0.2) is 36.0 Å². The number of carboxylic acids is 1. The quantitative estimate of drug-likeness (QED) is 0.0738. The Labute approximate surface area is 249 Å². The standard InChI is InChI=1S/C29H49N5O8/c1-6-13-31(22-26(36)37)15-17-33(23-28(39)42-5)18-16-32(14-12-30-19-27(38)41-4)21-25(35)34(40)20-24-8-7-10-29(2,3)11-9-24/h7-11,30,40H,6,12-23H2,1-5H3,(H,36,37). The molecule has 3 N–H and O–H groups in total. The predicted molar refractivity (Wildman–Crippen MR) is 158 cm³/mol. The Balaban J connectivity index is 2.89. The van der Waals surface area contributed by atoms with Crippen molar-refractivity contribution in [2.24, 2.45) is 5.41 Å². The summed E-state index contributed by atoms with van der Waals surface area (Å²) in [5.41, 5.74) is 0.648. The largest absolute Gasteiger partial charge is 0.480 e. The van der Waals surface area contributed by atoms with Crippen molar-refractivity contribution in [1.82, 2.24) is 25.1 Å². The molecule has 0 saturated heterocycles. The van der Waals surface area contributed by atoms with E-state index in [4.69, 9.17) is 4.74 Å². The molecule has 13 heteroatoms. The number of amides is 1. The summed E-state index contributed by atoms with van der Waals surface area (Å²) in [5.74, 6) is -2.26. The van der Waals surface area contributed by atoms with Gasteiger partial charge in [-0.25, -0.2) is 5.06 Å². The minimum Gasteiger partial charge on any atom is -0.480 e. The zero-order chi connectivity index (χ0) is 31.5. The Morgan fingerprint density at radius 2 is 1.45 bits per heavy atom. The number of carbonyl (C=O) groups is 4. The van der Waals surface area contributed by atoms with Gasteiger partial charge in [0.1, 0.15) is 0 Å². The van der Waals surface area contributed by atoms with Gasteiger partial charge in [0, 0.05) is 44.7 Å². The second-order valence-electron chi connectivity index (χ2n) is 10.8. The van der Waals surface area contributed by atoms with Crippen LogP contribution in [-0.4, -0.2) is 147 Å². The Bertz CT molecular complexity index is 966. The Morgan fingerprint density at radius 1 is 0.857 bits per heavy atom. The molecule has 1 aliphatic rings. The van der Waals surface area contributed by atoms with Crippen molar-refractivity contribution in [3.8, 4) is 0 Å². The lowest BCUT2D eigenvalue weighted by Crippen LogP contribution is -2.47. The van der Waals surface area contributed by atoms with Crippen molar-refractivity contribution >= 4 is 23.8 Å². The summed E-state index contributed by atoms with van der Waals surface area (Å²) < 4.78 is 9.49. The molecule has 0 aromatic heterocycles. The monoisotopic (exact) mass is 595 g/mol. The van der Waals surface area contributed by atoms with Gasteiger partial charge >= 0.3 is 17.9 Å². The van der Waals surface area contributed by atoms with Gasteiger partial charge < -0.3 is 19.9 Å². The molecule has 0 atom stereocenters. The van der Waals surface area contributed by atoms with E-state index in [0.717, 1.165) is 12.0 Å². The van der Waals surface area contributed by atoms with Gasteiger partial charge in [0.25, 0.3) is 5.91 Å². The minimum atomic E-state index is -0.921. The van der Waals surface area contributed by atoms with Gasteiger partial charge in [0.05, 0.1) is 46.9 Å². The Kier molecular flexibility index (Phi) is 17.5. The van der Waals surface area contributed by atoms with Crippen molar-refractivity contribution in [3.63, 3.8) is 0 Å². The first-order valence-corrected chi connectivity index (χ1v) is 14.2. The van der Waals surface area contributed by atoms with Gasteiger partial charge in [-0.3, -0.25) is 39.1 Å². The number of aliphatic carboxylic acids is 1. The number of nitrogens with one attached hydrogen (secondary N) is 1. The summed E-state index contributed by atoms with van der Waals surface area (Å²) in [7, 11) is 2.60. The Hall–Kier alpha value is -3.10. The first-order valence-electron chi connectivity index (χ1n) is 14.2. The lowest BCUT2D eigenvalue weighted by molar-refractivity contribution is -0.164. The van der Waals surface area contributed by atoms with Crippen molar-refractivity contribution < 1.29 is 39.0 Å². The molecule has 1 amide bonds. The second-order valence-corrected chi connectivity index (χ2v) is 10.8. The molecule has 1 aliphatic carbocycles. The van der Waals surface area contributed by atoms with Crippen LogP contribution in [0.25, 0.3) is 0 Å². The van der Waals surface area contributed by atoms with Gasteiger partial charge in [-0.05, 0) is 18.5 Å². The van der Waals surface area contributed by atoms with Crippen molar-refractivity contribution in [2.45, 2.75) is 27.2 Å². The highest BCUT2D eigenvalue weighted by molar-refractivity contribution is 5.77. The highest BCUT2D eigenvalue weighted by Gasteiger charge is 2.20.